The maximum absolute atomic E-state index is 3.69. The van der Waals surface area contributed by atoms with Crippen molar-refractivity contribution >= 4 is 0 Å². The van der Waals surface area contributed by atoms with Crippen LogP contribution in [0.1, 0.15) is 38.5 Å². The van der Waals surface area contributed by atoms with Crippen LogP contribution in [0.4, 0.5) is 0 Å². The summed E-state index contributed by atoms with van der Waals surface area (Å²) in [5.74, 6) is 2.07. The van der Waals surface area contributed by atoms with E-state index in [-0.39, 0.29) is 0 Å². The molecule has 0 bridgehead atoms. The van der Waals surface area contributed by atoms with Crippen LogP contribution in [-0.4, -0.2) is 37.1 Å². The molecule has 3 rings (SSSR count). The minimum atomic E-state index is 0.857. The minimum absolute atomic E-state index is 0.857. The van der Waals surface area contributed by atoms with Crippen molar-refractivity contribution in [3.63, 3.8) is 0 Å². The highest BCUT2D eigenvalue weighted by atomic mass is 15.2. The number of fused-ring (bicyclic) bond motifs is 1. The molecule has 2 atom stereocenters. The number of hydrogen-bond acceptors (Lipinski definition) is 2. The number of hydrogen-bond donors (Lipinski definition) is 1. The molecule has 2 heterocycles. The molecule has 2 heteroatoms. The molecule has 0 aromatic carbocycles. The van der Waals surface area contributed by atoms with E-state index in [9.17, 15) is 0 Å². The van der Waals surface area contributed by atoms with Gasteiger partial charge in [-0.05, 0) is 57.2 Å². The normalized spacial score (nSPS) is 37.6. The van der Waals surface area contributed by atoms with E-state index >= 15 is 0 Å². The van der Waals surface area contributed by atoms with E-state index in [1.807, 2.05) is 0 Å². The van der Waals surface area contributed by atoms with Gasteiger partial charge < -0.3 is 10.2 Å². The molecule has 0 amide bonds. The molecule has 1 saturated carbocycles. The summed E-state index contributed by atoms with van der Waals surface area (Å²) in [6, 6.07) is 0.857. The van der Waals surface area contributed by atoms with Crippen molar-refractivity contribution in [2.24, 2.45) is 11.8 Å². The van der Waals surface area contributed by atoms with Crippen LogP contribution in [0.3, 0.4) is 0 Å². The Kier molecular flexibility index (Phi) is 2.98. The predicted molar refractivity (Wildman–Crippen MR) is 62.9 cm³/mol. The molecule has 2 saturated heterocycles. The highest BCUT2D eigenvalue weighted by Gasteiger charge is 2.31. The van der Waals surface area contributed by atoms with Gasteiger partial charge in [0, 0.05) is 12.6 Å². The fourth-order valence-corrected chi connectivity index (χ4v) is 3.30. The van der Waals surface area contributed by atoms with Gasteiger partial charge in [-0.15, -0.1) is 0 Å². The topological polar surface area (TPSA) is 15.3 Å². The second kappa shape index (κ2) is 4.42. The minimum Gasteiger partial charge on any atom is -0.314 e. The zero-order valence-corrected chi connectivity index (χ0v) is 9.75. The predicted octanol–water partition coefficient (Wildman–Crippen LogP) is 1.86. The number of likely N-dealkylation sites (tertiary alicyclic amines) is 1. The average molecular weight is 208 g/mol. The van der Waals surface area contributed by atoms with E-state index in [2.05, 4.69) is 10.2 Å². The Morgan fingerprint density at radius 1 is 1.13 bits per heavy atom. The molecule has 0 spiro atoms. The molecule has 1 N–H and O–H groups in total. The van der Waals surface area contributed by atoms with Gasteiger partial charge in [-0.2, -0.15) is 0 Å². The smallest absolute Gasteiger partial charge is 0.0120 e. The second-order valence-corrected chi connectivity index (χ2v) is 5.78. The maximum atomic E-state index is 3.69. The van der Waals surface area contributed by atoms with E-state index in [1.54, 1.807) is 0 Å². The van der Waals surface area contributed by atoms with Gasteiger partial charge in [0.05, 0.1) is 0 Å². The molecule has 86 valence electrons. The molecule has 0 aromatic rings. The second-order valence-electron chi connectivity index (χ2n) is 5.78. The monoisotopic (exact) mass is 208 g/mol. The molecule has 15 heavy (non-hydrogen) atoms. The quantitative estimate of drug-likeness (QED) is 0.761. The molecule has 2 nitrogen and oxygen atoms in total. The van der Waals surface area contributed by atoms with Gasteiger partial charge >= 0.3 is 0 Å². The summed E-state index contributed by atoms with van der Waals surface area (Å²) in [6.45, 7) is 5.38. The first-order valence-corrected chi connectivity index (χ1v) is 6.87. The Bertz CT molecular complexity index is 213. The third-order valence-corrected chi connectivity index (χ3v) is 4.53. The highest BCUT2D eigenvalue weighted by molar-refractivity contribution is 4.88. The van der Waals surface area contributed by atoms with Crippen molar-refractivity contribution in [1.29, 1.82) is 0 Å². The standard InChI is InChI=1S/C13H24N2/c1-2-12-10-15(8-5-11-3-4-11)9-6-13(12)14-7-1/h11-14H,1-10H2. The van der Waals surface area contributed by atoms with E-state index in [0.29, 0.717) is 0 Å². The molecule has 0 aromatic heterocycles. The fourth-order valence-electron chi connectivity index (χ4n) is 3.30. The third kappa shape index (κ3) is 2.54. The van der Waals surface area contributed by atoms with Gasteiger partial charge in [-0.1, -0.05) is 12.8 Å². The summed E-state index contributed by atoms with van der Waals surface area (Å²) < 4.78 is 0. The molecular formula is C13H24N2. The zero-order valence-electron chi connectivity index (χ0n) is 9.75. The summed E-state index contributed by atoms with van der Waals surface area (Å²) in [4.78, 5) is 2.73. The van der Waals surface area contributed by atoms with Crippen molar-refractivity contribution in [2.45, 2.75) is 44.6 Å². The van der Waals surface area contributed by atoms with Crippen molar-refractivity contribution < 1.29 is 0 Å². The van der Waals surface area contributed by atoms with Crippen molar-refractivity contribution in [3.05, 3.63) is 0 Å². The SMILES string of the molecule is C1CNC2CCN(CCC3CC3)CC2C1. The van der Waals surface area contributed by atoms with Crippen LogP contribution >= 0.6 is 0 Å². The van der Waals surface area contributed by atoms with Gasteiger partial charge in [0.25, 0.3) is 0 Å². The summed E-state index contributed by atoms with van der Waals surface area (Å²) in [7, 11) is 0. The van der Waals surface area contributed by atoms with Crippen molar-refractivity contribution in [1.82, 2.24) is 10.2 Å². The van der Waals surface area contributed by atoms with Crippen LogP contribution in [0.5, 0.6) is 0 Å². The maximum Gasteiger partial charge on any atom is 0.0120 e. The Balaban J connectivity index is 1.46. The van der Waals surface area contributed by atoms with Crippen LogP contribution in [0, 0.1) is 11.8 Å². The summed E-state index contributed by atoms with van der Waals surface area (Å²) in [5.41, 5.74) is 0. The number of nitrogens with one attached hydrogen (secondary N) is 1. The van der Waals surface area contributed by atoms with E-state index in [0.717, 1.165) is 17.9 Å². The van der Waals surface area contributed by atoms with Crippen LogP contribution in [-0.2, 0) is 0 Å². The lowest BCUT2D eigenvalue weighted by Crippen LogP contribution is -2.52. The van der Waals surface area contributed by atoms with E-state index < -0.39 is 0 Å². The lowest BCUT2D eigenvalue weighted by Gasteiger charge is -2.41. The van der Waals surface area contributed by atoms with Crippen LogP contribution in [0.15, 0.2) is 0 Å². The number of nitrogens with zero attached hydrogens (tertiary/aromatic N) is 1. The van der Waals surface area contributed by atoms with E-state index in [1.165, 1.54) is 64.7 Å². The van der Waals surface area contributed by atoms with Gasteiger partial charge in [0.1, 0.15) is 0 Å². The Morgan fingerprint density at radius 2 is 2.07 bits per heavy atom. The lowest BCUT2D eigenvalue weighted by atomic mass is 9.85. The van der Waals surface area contributed by atoms with Crippen molar-refractivity contribution in [2.75, 3.05) is 26.2 Å². The largest absolute Gasteiger partial charge is 0.314 e. The lowest BCUT2D eigenvalue weighted by molar-refractivity contribution is 0.112. The first kappa shape index (κ1) is 10.1. The molecule has 2 aliphatic heterocycles. The molecular weight excluding hydrogens is 184 g/mol. The first-order valence-electron chi connectivity index (χ1n) is 6.87. The Labute approximate surface area is 93.4 Å². The number of rotatable bonds is 3. The van der Waals surface area contributed by atoms with Gasteiger partial charge in [-0.3, -0.25) is 0 Å². The van der Waals surface area contributed by atoms with Crippen LogP contribution in [0.25, 0.3) is 0 Å². The van der Waals surface area contributed by atoms with Gasteiger partial charge in [-0.25, -0.2) is 0 Å². The van der Waals surface area contributed by atoms with Crippen molar-refractivity contribution in [3.8, 4) is 0 Å². The van der Waals surface area contributed by atoms with E-state index in [4.69, 9.17) is 0 Å². The molecule has 0 radical (unpaired) electrons. The Hall–Kier alpha value is -0.0800. The third-order valence-electron chi connectivity index (χ3n) is 4.53. The number of piperidine rings is 2. The van der Waals surface area contributed by atoms with Crippen LogP contribution < -0.4 is 5.32 Å². The fraction of sp³-hybridized carbons (Fsp3) is 1.00. The molecule has 2 unspecified atom stereocenters. The average Bonchev–Trinajstić information content (AvgIpc) is 3.10. The summed E-state index contributed by atoms with van der Waals surface area (Å²) >= 11 is 0. The molecule has 3 aliphatic rings. The summed E-state index contributed by atoms with van der Waals surface area (Å²) in [5, 5.41) is 3.69. The highest BCUT2D eigenvalue weighted by Crippen LogP contribution is 2.33. The van der Waals surface area contributed by atoms with Gasteiger partial charge in [0.2, 0.25) is 0 Å². The van der Waals surface area contributed by atoms with Crippen LogP contribution in [0.2, 0.25) is 0 Å². The summed E-state index contributed by atoms with van der Waals surface area (Å²) in [6.07, 6.45) is 8.78. The zero-order chi connectivity index (χ0) is 10.1. The van der Waals surface area contributed by atoms with Gasteiger partial charge in [0.15, 0.2) is 0 Å². The first-order chi connectivity index (χ1) is 7.42. The molecule has 3 fully saturated rings. The Morgan fingerprint density at radius 3 is 2.93 bits per heavy atom. The molecule has 1 aliphatic carbocycles.